The van der Waals surface area contributed by atoms with E-state index in [2.05, 4.69) is 27.8 Å². The maximum atomic E-state index is 5.35. The smallest absolute Gasteiger partial charge is 0.181 e. The van der Waals surface area contributed by atoms with Gasteiger partial charge >= 0.3 is 0 Å². The minimum absolute atomic E-state index is 0.711. The minimum Gasteiger partial charge on any atom is -0.448 e. The summed E-state index contributed by atoms with van der Waals surface area (Å²) in [4.78, 5) is 4.06. The molecule has 0 fully saturated rings. The van der Waals surface area contributed by atoms with Gasteiger partial charge in [-0.1, -0.05) is 22.9 Å². The molecule has 0 saturated carbocycles. The maximum absolute atomic E-state index is 5.35. The maximum Gasteiger partial charge on any atom is 0.181 e. The highest BCUT2D eigenvalue weighted by Crippen LogP contribution is 2.11. The number of hydrogen-bond donors (Lipinski definition) is 0. The third-order valence-electron chi connectivity index (χ3n) is 1.67. The van der Waals surface area contributed by atoms with Crippen molar-refractivity contribution >= 4 is 15.9 Å². The van der Waals surface area contributed by atoms with Gasteiger partial charge in [-0.15, -0.1) is 0 Å². The van der Waals surface area contributed by atoms with Crippen molar-refractivity contribution < 1.29 is 9.15 Å². The van der Waals surface area contributed by atoms with Crippen molar-refractivity contribution in [2.75, 3.05) is 13.2 Å². The fourth-order valence-electron chi connectivity index (χ4n) is 1.02. The lowest BCUT2D eigenvalue weighted by atomic mass is 10.3. The van der Waals surface area contributed by atoms with Crippen LogP contribution in [0.2, 0.25) is 0 Å². The first-order valence-electron chi connectivity index (χ1n) is 4.43. The molecule has 0 amide bonds. The minimum atomic E-state index is 0.711. The molecular formula is C9H14BrNO2. The van der Waals surface area contributed by atoms with E-state index in [1.807, 2.05) is 0 Å². The van der Waals surface area contributed by atoms with E-state index in [0.29, 0.717) is 6.61 Å². The summed E-state index contributed by atoms with van der Waals surface area (Å²) in [5, 5.41) is 0.743. The third kappa shape index (κ3) is 3.48. The molecule has 0 N–H and O–H groups in total. The second kappa shape index (κ2) is 6.16. The van der Waals surface area contributed by atoms with Crippen molar-refractivity contribution in [3.63, 3.8) is 0 Å². The van der Waals surface area contributed by atoms with Crippen LogP contribution in [0.5, 0.6) is 0 Å². The van der Waals surface area contributed by atoms with Gasteiger partial charge in [0.1, 0.15) is 5.76 Å². The van der Waals surface area contributed by atoms with Crippen LogP contribution in [0.3, 0.4) is 0 Å². The normalized spacial score (nSPS) is 10.6. The van der Waals surface area contributed by atoms with E-state index in [4.69, 9.17) is 9.15 Å². The first-order valence-corrected chi connectivity index (χ1v) is 5.55. The lowest BCUT2D eigenvalue weighted by Gasteiger charge is -2.00. The van der Waals surface area contributed by atoms with Gasteiger partial charge < -0.3 is 9.15 Å². The van der Waals surface area contributed by atoms with Crippen molar-refractivity contribution in [1.82, 2.24) is 4.98 Å². The molecule has 1 aromatic heterocycles. The fraction of sp³-hybridized carbons (Fsp3) is 0.667. The molecule has 0 aliphatic carbocycles. The van der Waals surface area contributed by atoms with Crippen LogP contribution in [0.25, 0.3) is 0 Å². The Morgan fingerprint density at radius 2 is 2.38 bits per heavy atom. The van der Waals surface area contributed by atoms with E-state index < -0.39 is 0 Å². The molecule has 0 radical (unpaired) electrons. The van der Waals surface area contributed by atoms with Crippen molar-refractivity contribution in [1.29, 1.82) is 0 Å². The van der Waals surface area contributed by atoms with E-state index in [-0.39, 0.29) is 0 Å². The predicted molar refractivity (Wildman–Crippen MR) is 53.9 cm³/mol. The molecule has 0 unspecified atom stereocenters. The average Bonchev–Trinajstić information content (AvgIpc) is 2.60. The number of ether oxygens (including phenoxy) is 1. The Morgan fingerprint density at radius 1 is 1.54 bits per heavy atom. The molecule has 3 nitrogen and oxygen atoms in total. The molecule has 0 atom stereocenters. The molecule has 74 valence electrons. The summed E-state index contributed by atoms with van der Waals surface area (Å²) >= 11 is 3.35. The first-order chi connectivity index (χ1) is 6.38. The van der Waals surface area contributed by atoms with Crippen LogP contribution in [0.15, 0.2) is 10.8 Å². The molecule has 0 bridgehead atoms. The largest absolute Gasteiger partial charge is 0.448 e. The Bertz CT molecular complexity index is 237. The second-order valence-electron chi connectivity index (χ2n) is 2.72. The summed E-state index contributed by atoms with van der Waals surface area (Å²) in [6.07, 6.45) is 3.34. The number of nitrogens with zero attached hydrogens (tertiary/aromatic N) is 1. The van der Waals surface area contributed by atoms with Gasteiger partial charge in [-0.2, -0.15) is 0 Å². The standard InChI is InChI=1S/C9H14BrNO2/c1-2-4-12-5-3-9-8(6-10)11-7-13-9/h7H,2-6H2,1H3. The number of oxazole rings is 1. The van der Waals surface area contributed by atoms with Crippen molar-refractivity contribution in [2.24, 2.45) is 0 Å². The molecule has 1 aromatic rings. The van der Waals surface area contributed by atoms with Crippen molar-refractivity contribution in [2.45, 2.75) is 25.1 Å². The monoisotopic (exact) mass is 247 g/mol. The zero-order valence-corrected chi connectivity index (χ0v) is 9.34. The molecule has 1 rings (SSSR count). The molecular weight excluding hydrogens is 234 g/mol. The van der Waals surface area contributed by atoms with E-state index in [1.165, 1.54) is 6.39 Å². The van der Waals surface area contributed by atoms with E-state index in [9.17, 15) is 0 Å². The van der Waals surface area contributed by atoms with E-state index in [0.717, 1.165) is 36.2 Å². The number of alkyl halides is 1. The molecule has 1 heterocycles. The summed E-state index contributed by atoms with van der Waals surface area (Å²) in [6, 6.07) is 0. The van der Waals surface area contributed by atoms with Crippen LogP contribution in [0.4, 0.5) is 0 Å². The van der Waals surface area contributed by atoms with Crippen molar-refractivity contribution in [3.05, 3.63) is 17.8 Å². The number of hydrogen-bond acceptors (Lipinski definition) is 3. The van der Waals surface area contributed by atoms with Gasteiger partial charge in [0.15, 0.2) is 6.39 Å². The lowest BCUT2D eigenvalue weighted by Crippen LogP contribution is -2.00. The van der Waals surface area contributed by atoms with Crippen molar-refractivity contribution in [3.8, 4) is 0 Å². The van der Waals surface area contributed by atoms with Crippen LogP contribution >= 0.6 is 15.9 Å². The molecule has 13 heavy (non-hydrogen) atoms. The van der Waals surface area contributed by atoms with Crippen LogP contribution < -0.4 is 0 Å². The zero-order chi connectivity index (χ0) is 9.52. The van der Waals surface area contributed by atoms with Gasteiger partial charge in [0, 0.05) is 18.4 Å². The highest BCUT2D eigenvalue weighted by molar-refractivity contribution is 9.08. The molecule has 0 aromatic carbocycles. The molecule has 0 spiro atoms. The number of aromatic nitrogens is 1. The fourth-order valence-corrected chi connectivity index (χ4v) is 1.47. The van der Waals surface area contributed by atoms with Crippen LogP contribution in [-0.4, -0.2) is 18.2 Å². The topological polar surface area (TPSA) is 35.3 Å². The van der Waals surface area contributed by atoms with E-state index >= 15 is 0 Å². The summed E-state index contributed by atoms with van der Waals surface area (Å²) < 4.78 is 10.6. The molecule has 0 aliphatic rings. The SMILES string of the molecule is CCCOCCc1ocnc1CBr. The predicted octanol–water partition coefficient (Wildman–Crippen LogP) is 2.54. The highest BCUT2D eigenvalue weighted by atomic mass is 79.9. The van der Waals surface area contributed by atoms with Gasteiger partial charge in [-0.05, 0) is 6.42 Å². The van der Waals surface area contributed by atoms with Crippen LogP contribution in [0.1, 0.15) is 24.8 Å². The highest BCUT2D eigenvalue weighted by Gasteiger charge is 2.05. The van der Waals surface area contributed by atoms with Crippen LogP contribution in [0, 0.1) is 0 Å². The van der Waals surface area contributed by atoms with Gasteiger partial charge in [0.05, 0.1) is 12.3 Å². The average molecular weight is 248 g/mol. The Hall–Kier alpha value is -0.350. The summed E-state index contributed by atoms with van der Waals surface area (Å²) in [5.41, 5.74) is 0.972. The Labute approximate surface area is 86.6 Å². The molecule has 4 heteroatoms. The van der Waals surface area contributed by atoms with Gasteiger partial charge in [-0.3, -0.25) is 0 Å². The van der Waals surface area contributed by atoms with Gasteiger partial charge in [-0.25, -0.2) is 4.98 Å². The van der Waals surface area contributed by atoms with Gasteiger partial charge in [0.25, 0.3) is 0 Å². The second-order valence-corrected chi connectivity index (χ2v) is 3.28. The number of halogens is 1. The molecule has 0 saturated heterocycles. The summed E-state index contributed by atoms with van der Waals surface area (Å²) in [7, 11) is 0. The first kappa shape index (κ1) is 10.7. The quantitative estimate of drug-likeness (QED) is 0.573. The molecule has 0 aliphatic heterocycles. The summed E-state index contributed by atoms with van der Waals surface area (Å²) in [6.45, 7) is 3.62. The van der Waals surface area contributed by atoms with Gasteiger partial charge in [0.2, 0.25) is 0 Å². The third-order valence-corrected chi connectivity index (χ3v) is 2.21. The van der Waals surface area contributed by atoms with Crippen LogP contribution in [-0.2, 0) is 16.5 Å². The Balaban J connectivity index is 2.27. The van der Waals surface area contributed by atoms with E-state index in [1.54, 1.807) is 0 Å². The summed E-state index contributed by atoms with van der Waals surface area (Å²) in [5.74, 6) is 0.924. The lowest BCUT2D eigenvalue weighted by molar-refractivity contribution is 0.134. The Kier molecular flexibility index (Phi) is 5.08. The number of rotatable bonds is 6. The zero-order valence-electron chi connectivity index (χ0n) is 7.75. The Morgan fingerprint density at radius 3 is 3.08 bits per heavy atom.